The van der Waals surface area contributed by atoms with E-state index < -0.39 is 6.10 Å². The summed E-state index contributed by atoms with van der Waals surface area (Å²) in [6.07, 6.45) is -0.509. The molecule has 0 radical (unpaired) electrons. The number of benzene rings is 1. The number of carbonyl (C=O) groups excluding carboxylic acids is 1. The topological polar surface area (TPSA) is 64.8 Å². The maximum atomic E-state index is 12.0. The molecule has 1 aliphatic heterocycles. The van der Waals surface area contributed by atoms with Crippen molar-refractivity contribution in [2.75, 3.05) is 24.0 Å². The molecule has 1 aromatic rings. The van der Waals surface area contributed by atoms with Crippen LogP contribution in [0.2, 0.25) is 0 Å². The van der Waals surface area contributed by atoms with E-state index in [4.69, 9.17) is 15.2 Å². The van der Waals surface area contributed by atoms with Crippen molar-refractivity contribution in [3.05, 3.63) is 18.2 Å². The number of nitrogens with two attached hydrogens (primary N) is 1. The van der Waals surface area contributed by atoms with Crippen LogP contribution in [0.5, 0.6) is 5.75 Å². The average Bonchev–Trinajstić information content (AvgIpc) is 2.30. The molecule has 17 heavy (non-hydrogen) atoms. The quantitative estimate of drug-likeness (QED) is 0.805. The van der Waals surface area contributed by atoms with Crippen LogP contribution in [0.15, 0.2) is 18.2 Å². The molecule has 1 aliphatic rings. The van der Waals surface area contributed by atoms with Crippen molar-refractivity contribution in [2.24, 2.45) is 0 Å². The Balaban J connectivity index is 2.34. The summed E-state index contributed by atoms with van der Waals surface area (Å²) in [5, 5.41) is 0. The Bertz CT molecular complexity index is 434. The van der Waals surface area contributed by atoms with Gasteiger partial charge in [0.05, 0.1) is 5.69 Å². The van der Waals surface area contributed by atoms with Gasteiger partial charge in [0.1, 0.15) is 12.5 Å². The summed E-state index contributed by atoms with van der Waals surface area (Å²) < 4.78 is 10.8. The lowest BCUT2D eigenvalue weighted by Crippen LogP contribution is -2.45. The predicted octanol–water partition coefficient (Wildman–Crippen LogP) is 1.38. The third kappa shape index (κ3) is 2.19. The summed E-state index contributed by atoms with van der Waals surface area (Å²) in [6.45, 7) is 4.40. The molecule has 1 amide bonds. The second kappa shape index (κ2) is 4.63. The minimum Gasteiger partial charge on any atom is -0.479 e. The lowest BCUT2D eigenvalue weighted by atomic mass is 10.2. The Morgan fingerprint density at radius 2 is 2.29 bits per heavy atom. The molecule has 0 saturated heterocycles. The van der Waals surface area contributed by atoms with Crippen LogP contribution in [0.4, 0.5) is 11.4 Å². The van der Waals surface area contributed by atoms with Crippen LogP contribution in [-0.4, -0.2) is 25.3 Å². The van der Waals surface area contributed by atoms with Crippen LogP contribution in [0.25, 0.3) is 0 Å². The Morgan fingerprint density at radius 1 is 1.53 bits per heavy atom. The van der Waals surface area contributed by atoms with E-state index in [0.717, 1.165) is 0 Å². The van der Waals surface area contributed by atoms with Gasteiger partial charge in [0.2, 0.25) is 0 Å². The first-order chi connectivity index (χ1) is 8.13. The van der Waals surface area contributed by atoms with E-state index >= 15 is 0 Å². The molecular formula is C12H16N2O3. The predicted molar refractivity (Wildman–Crippen MR) is 64.9 cm³/mol. The van der Waals surface area contributed by atoms with Crippen LogP contribution < -0.4 is 15.4 Å². The van der Waals surface area contributed by atoms with Gasteiger partial charge < -0.3 is 15.2 Å². The highest BCUT2D eigenvalue weighted by Gasteiger charge is 2.31. The van der Waals surface area contributed by atoms with Crippen molar-refractivity contribution in [2.45, 2.75) is 20.0 Å². The molecule has 92 valence electrons. The molecule has 0 fully saturated rings. The van der Waals surface area contributed by atoms with E-state index in [1.807, 2.05) is 6.92 Å². The summed E-state index contributed by atoms with van der Waals surface area (Å²) in [7, 11) is 0. The molecule has 2 rings (SSSR count). The maximum absolute atomic E-state index is 12.0. The Labute approximate surface area is 100 Å². The fraction of sp³-hybridized carbons (Fsp3) is 0.417. The largest absolute Gasteiger partial charge is 0.479 e. The Morgan fingerprint density at radius 3 is 3.00 bits per heavy atom. The van der Waals surface area contributed by atoms with E-state index in [1.165, 1.54) is 0 Å². The summed E-state index contributed by atoms with van der Waals surface area (Å²) in [5.41, 5.74) is 7.01. The molecule has 5 heteroatoms. The van der Waals surface area contributed by atoms with Gasteiger partial charge in [0.15, 0.2) is 6.10 Å². The van der Waals surface area contributed by atoms with Gasteiger partial charge in [-0.2, -0.15) is 0 Å². The second-order valence-corrected chi connectivity index (χ2v) is 3.88. The smallest absolute Gasteiger partial charge is 0.269 e. The molecule has 0 aromatic heterocycles. The minimum absolute atomic E-state index is 0.101. The third-order valence-corrected chi connectivity index (χ3v) is 2.62. The van der Waals surface area contributed by atoms with Gasteiger partial charge in [-0.05, 0) is 26.0 Å². The molecule has 1 unspecified atom stereocenters. The number of rotatable bonds is 3. The lowest BCUT2D eigenvalue weighted by molar-refractivity contribution is -0.126. The zero-order chi connectivity index (χ0) is 12.4. The molecule has 0 spiro atoms. The van der Waals surface area contributed by atoms with E-state index in [2.05, 4.69) is 0 Å². The molecule has 1 aromatic carbocycles. The molecule has 0 saturated carbocycles. The summed E-state index contributed by atoms with van der Waals surface area (Å²) in [4.78, 5) is 13.5. The van der Waals surface area contributed by atoms with Gasteiger partial charge in [-0.3, -0.25) is 9.69 Å². The molecule has 5 nitrogen and oxygen atoms in total. The number of hydrogen-bond donors (Lipinski definition) is 1. The van der Waals surface area contributed by atoms with Crippen molar-refractivity contribution in [3.63, 3.8) is 0 Å². The molecule has 1 atom stereocenters. The van der Waals surface area contributed by atoms with Gasteiger partial charge in [0.25, 0.3) is 5.91 Å². The highest BCUT2D eigenvalue weighted by Crippen LogP contribution is 2.35. The number of carbonyl (C=O) groups is 1. The number of nitrogen functional groups attached to an aromatic ring is 1. The average molecular weight is 236 g/mol. The van der Waals surface area contributed by atoms with Crippen LogP contribution in [0.3, 0.4) is 0 Å². The molecule has 2 N–H and O–H groups in total. The number of anilines is 2. The van der Waals surface area contributed by atoms with Crippen molar-refractivity contribution in [3.8, 4) is 5.75 Å². The number of nitrogens with zero attached hydrogens (tertiary/aromatic N) is 1. The second-order valence-electron chi connectivity index (χ2n) is 3.88. The zero-order valence-corrected chi connectivity index (χ0v) is 9.97. The van der Waals surface area contributed by atoms with Crippen LogP contribution in [0, 0.1) is 0 Å². The fourth-order valence-electron chi connectivity index (χ4n) is 1.74. The summed E-state index contributed by atoms with van der Waals surface area (Å²) >= 11 is 0. The lowest BCUT2D eigenvalue weighted by Gasteiger charge is -2.32. The van der Waals surface area contributed by atoms with E-state index in [0.29, 0.717) is 23.7 Å². The van der Waals surface area contributed by atoms with Gasteiger partial charge in [-0.1, -0.05) is 0 Å². The molecule has 0 bridgehead atoms. The first-order valence-corrected chi connectivity index (χ1v) is 5.58. The standard InChI is InChI=1S/C12H16N2O3/c1-3-16-7-14-10-5-4-9(13)6-11(10)17-8(2)12(14)15/h4-6,8H,3,7,13H2,1-2H3. The third-order valence-electron chi connectivity index (χ3n) is 2.62. The monoisotopic (exact) mass is 236 g/mol. The van der Waals surface area contributed by atoms with Crippen LogP contribution in [-0.2, 0) is 9.53 Å². The van der Waals surface area contributed by atoms with Gasteiger partial charge in [0, 0.05) is 18.4 Å². The Hall–Kier alpha value is -1.75. The highest BCUT2D eigenvalue weighted by atomic mass is 16.5. The maximum Gasteiger partial charge on any atom is 0.269 e. The van der Waals surface area contributed by atoms with Crippen LogP contribution >= 0.6 is 0 Å². The highest BCUT2D eigenvalue weighted by molar-refractivity contribution is 5.99. The number of hydrogen-bond acceptors (Lipinski definition) is 4. The van der Waals surface area contributed by atoms with Crippen LogP contribution in [0.1, 0.15) is 13.8 Å². The first kappa shape index (κ1) is 11.7. The van der Waals surface area contributed by atoms with E-state index in [1.54, 1.807) is 30.0 Å². The number of fused-ring (bicyclic) bond motifs is 1. The van der Waals surface area contributed by atoms with Crippen molar-refractivity contribution >= 4 is 17.3 Å². The van der Waals surface area contributed by atoms with Crippen molar-refractivity contribution in [1.29, 1.82) is 0 Å². The Kier molecular flexibility index (Phi) is 3.19. The molecular weight excluding hydrogens is 220 g/mol. The fourth-order valence-corrected chi connectivity index (χ4v) is 1.74. The van der Waals surface area contributed by atoms with Gasteiger partial charge in [-0.25, -0.2) is 0 Å². The summed E-state index contributed by atoms with van der Waals surface area (Å²) in [5.74, 6) is 0.521. The zero-order valence-electron chi connectivity index (χ0n) is 9.97. The van der Waals surface area contributed by atoms with Gasteiger partial charge in [-0.15, -0.1) is 0 Å². The minimum atomic E-state index is -0.509. The number of amides is 1. The van der Waals surface area contributed by atoms with E-state index in [9.17, 15) is 4.79 Å². The van der Waals surface area contributed by atoms with E-state index in [-0.39, 0.29) is 12.6 Å². The molecule has 1 heterocycles. The van der Waals surface area contributed by atoms with Crippen molar-refractivity contribution < 1.29 is 14.3 Å². The number of ether oxygens (including phenoxy) is 2. The normalized spacial score (nSPS) is 18.8. The van der Waals surface area contributed by atoms with Crippen molar-refractivity contribution in [1.82, 2.24) is 0 Å². The molecule has 0 aliphatic carbocycles. The first-order valence-electron chi connectivity index (χ1n) is 5.58. The summed E-state index contributed by atoms with van der Waals surface area (Å²) in [6, 6.07) is 5.23. The SMILES string of the molecule is CCOCN1C(=O)C(C)Oc2cc(N)ccc21. The van der Waals surface area contributed by atoms with Gasteiger partial charge >= 0.3 is 0 Å².